The summed E-state index contributed by atoms with van der Waals surface area (Å²) in [6.45, 7) is 0.0952. The van der Waals surface area contributed by atoms with E-state index in [-0.39, 0.29) is 25.4 Å². The van der Waals surface area contributed by atoms with Crippen LogP contribution in [0.25, 0.3) is 6.08 Å². The van der Waals surface area contributed by atoms with E-state index in [2.05, 4.69) is 0 Å². The molecular weight excluding hydrogens is 501 g/mol. The summed E-state index contributed by atoms with van der Waals surface area (Å²) in [7, 11) is 0. The molecule has 200 valence electrons. The number of carbonyl (C=O) groups excluding carboxylic acids is 2. The zero-order valence-electron chi connectivity index (χ0n) is 20.4. The van der Waals surface area contributed by atoms with E-state index in [9.17, 15) is 22.8 Å². The average Bonchev–Trinajstić information content (AvgIpc) is 2.85. The number of esters is 2. The third kappa shape index (κ3) is 9.88. The number of anilines is 2. The Bertz CT molecular complexity index is 1240. The van der Waals surface area contributed by atoms with Crippen molar-refractivity contribution in [3.8, 4) is 11.5 Å². The molecule has 0 bridgehead atoms. The van der Waals surface area contributed by atoms with E-state index in [0.29, 0.717) is 34.7 Å². The highest BCUT2D eigenvalue weighted by Crippen LogP contribution is 2.23. The number of alkyl halides is 3. The van der Waals surface area contributed by atoms with E-state index in [1.807, 2.05) is 0 Å². The Hall–Kier alpha value is -4.47. The minimum absolute atomic E-state index is 0.0735. The number of nitrogens with two attached hydrogens (primary N) is 2. The van der Waals surface area contributed by atoms with Crippen LogP contribution in [-0.2, 0) is 16.0 Å². The molecule has 0 aliphatic heterocycles. The van der Waals surface area contributed by atoms with Crippen LogP contribution in [0.1, 0.15) is 34.3 Å². The van der Waals surface area contributed by atoms with Crippen LogP contribution in [-0.4, -0.2) is 31.3 Å². The highest BCUT2D eigenvalue weighted by molar-refractivity contribution is 5.91. The van der Waals surface area contributed by atoms with E-state index >= 15 is 0 Å². The van der Waals surface area contributed by atoms with Gasteiger partial charge in [-0.25, -0.2) is 9.59 Å². The van der Waals surface area contributed by atoms with Gasteiger partial charge in [-0.05, 0) is 78.2 Å². The van der Waals surface area contributed by atoms with Crippen molar-refractivity contribution in [3.05, 3.63) is 89.5 Å². The van der Waals surface area contributed by atoms with Crippen molar-refractivity contribution in [3.63, 3.8) is 0 Å². The molecule has 0 radical (unpaired) electrons. The predicted molar refractivity (Wildman–Crippen MR) is 138 cm³/mol. The van der Waals surface area contributed by atoms with E-state index < -0.39 is 24.5 Å². The molecule has 0 fully saturated rings. The lowest BCUT2D eigenvalue weighted by molar-refractivity contribution is -0.138. The SMILES string of the molecule is Nc1cc(N)cc(CCOC(=O)C=Cc2ccc(C(=O)Oc3ccc(OCCCC(F)(F)F)cc3)cc2)c1. The Morgan fingerprint density at radius 2 is 1.47 bits per heavy atom. The molecule has 3 aromatic carbocycles. The normalized spacial score (nSPS) is 11.3. The molecule has 0 amide bonds. The average molecular weight is 529 g/mol. The number of rotatable bonds is 11. The second-order valence-corrected chi connectivity index (χ2v) is 8.31. The van der Waals surface area contributed by atoms with Crippen LogP contribution in [0.2, 0.25) is 0 Å². The van der Waals surface area contributed by atoms with Crippen LogP contribution >= 0.6 is 0 Å². The smallest absolute Gasteiger partial charge is 0.389 e. The molecule has 0 aromatic heterocycles. The number of ether oxygens (including phenoxy) is 3. The fourth-order valence-electron chi connectivity index (χ4n) is 3.33. The highest BCUT2D eigenvalue weighted by Gasteiger charge is 2.26. The second-order valence-electron chi connectivity index (χ2n) is 8.31. The van der Waals surface area contributed by atoms with Crippen molar-refractivity contribution < 1.29 is 37.0 Å². The molecule has 3 rings (SSSR count). The largest absolute Gasteiger partial charge is 0.494 e. The topological polar surface area (TPSA) is 114 Å². The van der Waals surface area contributed by atoms with Gasteiger partial charge in [-0.1, -0.05) is 12.1 Å². The van der Waals surface area contributed by atoms with E-state index in [0.717, 1.165) is 5.56 Å². The van der Waals surface area contributed by atoms with E-state index in [1.165, 1.54) is 30.3 Å². The summed E-state index contributed by atoms with van der Waals surface area (Å²) in [5.74, 6) is -0.486. The number of hydrogen-bond acceptors (Lipinski definition) is 7. The van der Waals surface area contributed by atoms with Gasteiger partial charge in [0.15, 0.2) is 0 Å². The molecular formula is C28H27F3N2O5. The Morgan fingerprint density at radius 1 is 0.842 bits per heavy atom. The van der Waals surface area contributed by atoms with Crippen molar-refractivity contribution in [1.82, 2.24) is 0 Å². The first kappa shape index (κ1) is 28.1. The van der Waals surface area contributed by atoms with Crippen LogP contribution in [0.15, 0.2) is 72.8 Å². The molecule has 38 heavy (non-hydrogen) atoms. The molecule has 10 heteroatoms. The summed E-state index contributed by atoms with van der Waals surface area (Å²) in [6.07, 6.45) is -1.95. The highest BCUT2D eigenvalue weighted by atomic mass is 19.4. The first-order chi connectivity index (χ1) is 18.1. The monoisotopic (exact) mass is 528 g/mol. The van der Waals surface area contributed by atoms with Crippen LogP contribution in [0.5, 0.6) is 11.5 Å². The Balaban J connectivity index is 1.42. The van der Waals surface area contributed by atoms with Crippen molar-refractivity contribution in [2.45, 2.75) is 25.4 Å². The molecule has 0 heterocycles. The fraction of sp³-hybridized carbons (Fsp3) is 0.214. The lowest BCUT2D eigenvalue weighted by Gasteiger charge is -2.09. The maximum Gasteiger partial charge on any atom is 0.389 e. The third-order valence-corrected chi connectivity index (χ3v) is 5.14. The Morgan fingerprint density at radius 3 is 2.11 bits per heavy atom. The zero-order valence-corrected chi connectivity index (χ0v) is 20.4. The molecule has 0 unspecified atom stereocenters. The van der Waals surface area contributed by atoms with Gasteiger partial charge in [0.25, 0.3) is 0 Å². The number of carbonyl (C=O) groups is 2. The molecule has 0 saturated heterocycles. The molecule has 4 N–H and O–H groups in total. The van der Waals surface area contributed by atoms with E-state index in [1.54, 1.807) is 48.5 Å². The molecule has 0 atom stereocenters. The molecule has 0 saturated carbocycles. The first-order valence-electron chi connectivity index (χ1n) is 11.7. The van der Waals surface area contributed by atoms with Gasteiger partial charge in [0.2, 0.25) is 0 Å². The summed E-state index contributed by atoms with van der Waals surface area (Å²) in [5.41, 5.74) is 14.4. The quantitative estimate of drug-likeness (QED) is 0.110. The van der Waals surface area contributed by atoms with Gasteiger partial charge in [-0.3, -0.25) is 0 Å². The maximum atomic E-state index is 12.4. The Kier molecular flexibility index (Phi) is 9.75. The summed E-state index contributed by atoms with van der Waals surface area (Å²) in [5, 5.41) is 0. The van der Waals surface area contributed by atoms with Gasteiger partial charge in [0.05, 0.1) is 18.8 Å². The summed E-state index contributed by atoms with van der Waals surface area (Å²) in [6, 6.07) is 17.6. The van der Waals surface area contributed by atoms with Crippen molar-refractivity contribution in [1.29, 1.82) is 0 Å². The molecule has 7 nitrogen and oxygen atoms in total. The van der Waals surface area contributed by atoms with Crippen molar-refractivity contribution in [2.24, 2.45) is 0 Å². The minimum atomic E-state index is -4.21. The summed E-state index contributed by atoms with van der Waals surface area (Å²) < 4.78 is 52.3. The van der Waals surface area contributed by atoms with Gasteiger partial charge in [-0.2, -0.15) is 13.2 Å². The maximum absolute atomic E-state index is 12.4. The van der Waals surface area contributed by atoms with Gasteiger partial charge < -0.3 is 25.7 Å². The van der Waals surface area contributed by atoms with Crippen LogP contribution in [0, 0.1) is 0 Å². The summed E-state index contributed by atoms with van der Waals surface area (Å²) >= 11 is 0. The minimum Gasteiger partial charge on any atom is -0.494 e. The lowest BCUT2D eigenvalue weighted by Crippen LogP contribution is -2.10. The number of hydrogen-bond donors (Lipinski definition) is 2. The third-order valence-electron chi connectivity index (χ3n) is 5.14. The molecule has 3 aromatic rings. The Labute approximate surface area is 217 Å². The van der Waals surface area contributed by atoms with Crippen molar-refractivity contribution in [2.75, 3.05) is 24.7 Å². The standard InChI is InChI=1S/C28H27F3N2O5/c29-28(30,31)13-1-14-36-24-7-9-25(10-8-24)38-27(35)21-5-2-19(3-6-21)4-11-26(34)37-15-12-20-16-22(32)18-23(33)17-20/h2-11,16-18H,1,12-15,32-33H2. The fourth-order valence-corrected chi connectivity index (χ4v) is 3.33. The lowest BCUT2D eigenvalue weighted by atomic mass is 10.1. The second kappa shape index (κ2) is 13.2. The van der Waals surface area contributed by atoms with Crippen LogP contribution in [0.3, 0.4) is 0 Å². The van der Waals surface area contributed by atoms with Crippen molar-refractivity contribution >= 4 is 29.4 Å². The number of halogens is 3. The zero-order chi connectivity index (χ0) is 27.5. The van der Waals surface area contributed by atoms with Crippen LogP contribution < -0.4 is 20.9 Å². The number of nitrogen functional groups attached to an aromatic ring is 2. The molecule has 0 aliphatic rings. The first-order valence-corrected chi connectivity index (χ1v) is 11.7. The van der Waals surface area contributed by atoms with Gasteiger partial charge in [0.1, 0.15) is 11.5 Å². The predicted octanol–water partition coefficient (Wildman–Crippen LogP) is 5.59. The molecule has 0 spiro atoms. The molecule has 0 aliphatic carbocycles. The summed E-state index contributed by atoms with van der Waals surface area (Å²) in [4.78, 5) is 24.4. The van der Waals surface area contributed by atoms with Gasteiger partial charge >= 0.3 is 18.1 Å². The van der Waals surface area contributed by atoms with Gasteiger partial charge in [0, 0.05) is 30.3 Å². The van der Waals surface area contributed by atoms with Gasteiger partial charge in [-0.15, -0.1) is 0 Å². The van der Waals surface area contributed by atoms with E-state index in [4.69, 9.17) is 25.7 Å². The van der Waals surface area contributed by atoms with Crippen LogP contribution in [0.4, 0.5) is 24.5 Å². The number of benzene rings is 3.